The van der Waals surface area contributed by atoms with Gasteiger partial charge in [0.1, 0.15) is 0 Å². The number of carbonyl (C=O) groups is 1. The van der Waals surface area contributed by atoms with Crippen LogP contribution in [0.1, 0.15) is 37.8 Å². The first-order valence-electron chi connectivity index (χ1n) is 9.57. The zero-order valence-corrected chi connectivity index (χ0v) is 17.7. The molecule has 5 nitrogen and oxygen atoms in total. The van der Waals surface area contributed by atoms with Gasteiger partial charge in [-0.2, -0.15) is 0 Å². The lowest BCUT2D eigenvalue weighted by Gasteiger charge is -2.32. The Labute approximate surface area is 170 Å². The van der Waals surface area contributed by atoms with Crippen LogP contribution in [0.4, 0.5) is 11.4 Å². The van der Waals surface area contributed by atoms with Crippen molar-refractivity contribution in [2.75, 3.05) is 16.2 Å². The maximum Gasteiger partial charge on any atom is 0.261 e. The number of nitrogens with one attached hydrogen (secondary N) is 1. The van der Waals surface area contributed by atoms with Gasteiger partial charge in [-0.1, -0.05) is 19.1 Å². The van der Waals surface area contributed by atoms with Crippen molar-refractivity contribution in [2.24, 2.45) is 0 Å². The average molecular weight is 417 g/mol. The number of benzene rings is 2. The topological polar surface area (TPSA) is 66.5 Å². The van der Waals surface area contributed by atoms with Gasteiger partial charge in [-0.3, -0.25) is 9.52 Å². The van der Waals surface area contributed by atoms with Crippen LogP contribution in [0.25, 0.3) is 0 Å². The second-order valence-electron chi connectivity index (χ2n) is 7.44. The van der Waals surface area contributed by atoms with E-state index >= 15 is 0 Å². The second kappa shape index (κ2) is 7.44. The molecule has 0 radical (unpaired) electrons. The molecule has 0 aromatic heterocycles. The predicted molar refractivity (Wildman–Crippen MR) is 114 cm³/mol. The Balaban J connectivity index is 1.70. The molecule has 1 atom stereocenters. The number of aryl methyl sites for hydroxylation is 1. The van der Waals surface area contributed by atoms with Crippen molar-refractivity contribution in [3.8, 4) is 0 Å². The van der Waals surface area contributed by atoms with Gasteiger partial charge in [-0.25, -0.2) is 8.42 Å². The summed E-state index contributed by atoms with van der Waals surface area (Å²) in [7, 11) is -3.74. The number of carbonyl (C=O) groups excluding carboxylic acids is 1. The van der Waals surface area contributed by atoms with Crippen molar-refractivity contribution < 1.29 is 13.2 Å². The molecular weight excluding hydrogens is 392 g/mol. The van der Waals surface area contributed by atoms with Crippen molar-refractivity contribution >= 4 is 39.1 Å². The van der Waals surface area contributed by atoms with Crippen LogP contribution in [0, 0.1) is 0 Å². The highest BCUT2D eigenvalue weighted by Gasteiger charge is 2.27. The smallest absolute Gasteiger partial charge is 0.261 e. The molecule has 0 spiro atoms. The predicted octanol–water partition coefficient (Wildman–Crippen LogP) is 4.21. The number of hydrogen-bond acceptors (Lipinski definition) is 4. The molecule has 28 heavy (non-hydrogen) atoms. The van der Waals surface area contributed by atoms with E-state index in [2.05, 4.69) is 17.7 Å². The third kappa shape index (κ3) is 3.65. The fraction of sp³-hybridized carbons (Fsp3) is 0.381. The molecule has 2 aromatic carbocycles. The first-order valence-corrected chi connectivity index (χ1v) is 11.9. The molecule has 0 fully saturated rings. The summed E-state index contributed by atoms with van der Waals surface area (Å²) in [5.74, 6) is -0.0759. The highest BCUT2D eigenvalue weighted by molar-refractivity contribution is 8.00. The summed E-state index contributed by atoms with van der Waals surface area (Å²) in [6, 6.07) is 10.9. The lowest BCUT2D eigenvalue weighted by atomic mass is 9.91. The van der Waals surface area contributed by atoms with Crippen LogP contribution >= 0.6 is 11.8 Å². The van der Waals surface area contributed by atoms with Gasteiger partial charge < -0.3 is 4.90 Å². The number of rotatable bonds is 3. The van der Waals surface area contributed by atoms with Gasteiger partial charge in [0, 0.05) is 23.6 Å². The summed E-state index contributed by atoms with van der Waals surface area (Å²) in [5.41, 5.74) is 3.67. The lowest BCUT2D eigenvalue weighted by molar-refractivity contribution is -0.116. The Morgan fingerprint density at radius 1 is 1.18 bits per heavy atom. The molecule has 1 N–H and O–H groups in total. The van der Waals surface area contributed by atoms with E-state index in [0.717, 1.165) is 36.1 Å². The minimum Gasteiger partial charge on any atom is -0.310 e. The Bertz CT molecular complexity index is 1030. The largest absolute Gasteiger partial charge is 0.310 e. The van der Waals surface area contributed by atoms with Gasteiger partial charge in [-0.05, 0) is 61.1 Å². The van der Waals surface area contributed by atoms with Crippen molar-refractivity contribution in [1.29, 1.82) is 0 Å². The van der Waals surface area contributed by atoms with E-state index in [1.807, 2.05) is 12.1 Å². The monoisotopic (exact) mass is 416 g/mol. The molecule has 0 saturated heterocycles. The summed E-state index contributed by atoms with van der Waals surface area (Å²) in [5, 5.41) is 0.271. The van der Waals surface area contributed by atoms with Gasteiger partial charge in [0.2, 0.25) is 5.91 Å². The molecular formula is C21H24N2O3S2. The minimum absolute atomic E-state index is 0.0759. The fourth-order valence-electron chi connectivity index (χ4n) is 3.96. The fourth-order valence-corrected chi connectivity index (χ4v) is 6.17. The Morgan fingerprint density at radius 3 is 2.75 bits per heavy atom. The van der Waals surface area contributed by atoms with Crippen LogP contribution in [-0.2, 0) is 27.7 Å². The van der Waals surface area contributed by atoms with E-state index in [0.29, 0.717) is 17.9 Å². The summed E-state index contributed by atoms with van der Waals surface area (Å²) in [4.78, 5) is 14.9. The standard InChI is InChI=1S/C21H24N2O3S2/c1-14-13-23(15(2)24)20-12-17(10-11-21(20)27-14)28(25,26)22-19-9-5-7-16-6-3-4-8-18(16)19/h5,7,9-12,14,22H,3-4,6,8,13H2,1-2H3/t14-/m0/s1. The van der Waals surface area contributed by atoms with Crippen LogP contribution in [-0.4, -0.2) is 26.1 Å². The van der Waals surface area contributed by atoms with Crippen molar-refractivity contribution in [2.45, 2.75) is 54.6 Å². The van der Waals surface area contributed by atoms with E-state index in [1.54, 1.807) is 34.9 Å². The Hall–Kier alpha value is -1.99. The molecule has 1 aliphatic carbocycles. The molecule has 7 heteroatoms. The van der Waals surface area contributed by atoms with Crippen molar-refractivity contribution in [3.05, 3.63) is 47.5 Å². The highest BCUT2D eigenvalue weighted by atomic mass is 32.2. The Kier molecular flexibility index (Phi) is 5.14. The molecule has 0 bridgehead atoms. The summed E-state index contributed by atoms with van der Waals surface area (Å²) in [6.45, 7) is 4.16. The SMILES string of the molecule is CC(=O)N1C[C@H](C)Sc2ccc(S(=O)(=O)Nc3cccc4c3CCCC4)cc21. The third-order valence-electron chi connectivity index (χ3n) is 5.32. The van der Waals surface area contributed by atoms with E-state index in [9.17, 15) is 13.2 Å². The van der Waals surface area contributed by atoms with E-state index in [1.165, 1.54) is 12.5 Å². The lowest BCUT2D eigenvalue weighted by Crippen LogP contribution is -2.37. The average Bonchev–Trinajstić information content (AvgIpc) is 2.67. The second-order valence-corrected chi connectivity index (χ2v) is 10.6. The highest BCUT2D eigenvalue weighted by Crippen LogP contribution is 2.40. The first kappa shape index (κ1) is 19.3. The number of fused-ring (bicyclic) bond motifs is 2. The number of hydrogen-bond donors (Lipinski definition) is 1. The van der Waals surface area contributed by atoms with Crippen LogP contribution in [0.5, 0.6) is 0 Å². The van der Waals surface area contributed by atoms with E-state index < -0.39 is 10.0 Å². The van der Waals surface area contributed by atoms with E-state index in [-0.39, 0.29) is 16.1 Å². The molecule has 148 valence electrons. The van der Waals surface area contributed by atoms with Crippen LogP contribution in [0.3, 0.4) is 0 Å². The van der Waals surface area contributed by atoms with Gasteiger partial charge in [0.15, 0.2) is 0 Å². The summed E-state index contributed by atoms with van der Waals surface area (Å²) < 4.78 is 29.0. The number of amides is 1. The van der Waals surface area contributed by atoms with Gasteiger partial charge >= 0.3 is 0 Å². The minimum atomic E-state index is -3.74. The quantitative estimate of drug-likeness (QED) is 0.814. The maximum atomic E-state index is 13.1. The maximum absolute atomic E-state index is 13.1. The number of nitrogens with zero attached hydrogens (tertiary/aromatic N) is 1. The Morgan fingerprint density at radius 2 is 1.96 bits per heavy atom. The molecule has 2 aliphatic rings. The van der Waals surface area contributed by atoms with Crippen molar-refractivity contribution in [3.63, 3.8) is 0 Å². The van der Waals surface area contributed by atoms with Crippen LogP contribution < -0.4 is 9.62 Å². The zero-order valence-electron chi connectivity index (χ0n) is 16.1. The number of thioether (sulfide) groups is 1. The molecule has 2 aromatic rings. The zero-order chi connectivity index (χ0) is 19.9. The molecule has 1 aliphatic heterocycles. The molecule has 1 amide bonds. The van der Waals surface area contributed by atoms with E-state index in [4.69, 9.17) is 0 Å². The molecule has 0 unspecified atom stereocenters. The normalized spacial score (nSPS) is 18.9. The van der Waals surface area contributed by atoms with Gasteiger partial charge in [0.05, 0.1) is 16.3 Å². The molecule has 0 saturated carbocycles. The van der Waals surface area contributed by atoms with Crippen molar-refractivity contribution in [1.82, 2.24) is 0 Å². The molecule has 4 rings (SSSR count). The number of sulfonamides is 1. The summed E-state index contributed by atoms with van der Waals surface area (Å²) in [6.07, 6.45) is 4.11. The molecule has 1 heterocycles. The first-order chi connectivity index (χ1) is 13.3. The van der Waals surface area contributed by atoms with Crippen LogP contribution in [0.15, 0.2) is 46.2 Å². The number of anilines is 2. The third-order valence-corrected chi connectivity index (χ3v) is 7.83. The van der Waals surface area contributed by atoms with Gasteiger partial charge in [-0.15, -0.1) is 11.8 Å². The van der Waals surface area contributed by atoms with Gasteiger partial charge in [0.25, 0.3) is 10.0 Å². The van der Waals surface area contributed by atoms with Crippen LogP contribution in [0.2, 0.25) is 0 Å². The summed E-state index contributed by atoms with van der Waals surface area (Å²) >= 11 is 1.67.